The lowest BCUT2D eigenvalue weighted by molar-refractivity contribution is -0.384. The lowest BCUT2D eigenvalue weighted by Gasteiger charge is -2.33. The van der Waals surface area contributed by atoms with Crippen LogP contribution in [-0.2, 0) is 9.63 Å². The number of anilines is 1. The van der Waals surface area contributed by atoms with Crippen LogP contribution in [0.25, 0.3) is 0 Å². The fraction of sp³-hybridized carbons (Fsp3) is 0.321. The van der Waals surface area contributed by atoms with Crippen molar-refractivity contribution >= 4 is 28.9 Å². The quantitative estimate of drug-likeness (QED) is 0.287. The number of carbonyl (C=O) groups excluding carboxylic acids is 1. The molecule has 192 valence electrons. The van der Waals surface area contributed by atoms with Crippen molar-refractivity contribution in [3.8, 4) is 5.75 Å². The molecular formula is C28H28ClN3O5. The Labute approximate surface area is 220 Å². The van der Waals surface area contributed by atoms with Gasteiger partial charge in [0, 0.05) is 30.2 Å². The zero-order chi connectivity index (χ0) is 25.9. The largest absolute Gasteiger partial charge is 0.497 e. The van der Waals surface area contributed by atoms with Gasteiger partial charge in [0.2, 0.25) is 5.91 Å². The summed E-state index contributed by atoms with van der Waals surface area (Å²) in [6.45, 7) is 1.41. The Balaban J connectivity index is 1.62. The molecule has 5 rings (SSSR count). The Morgan fingerprint density at radius 2 is 1.57 bits per heavy atom. The molecule has 2 heterocycles. The van der Waals surface area contributed by atoms with E-state index in [9.17, 15) is 14.9 Å². The first kappa shape index (κ1) is 25.0. The van der Waals surface area contributed by atoms with E-state index in [0.717, 1.165) is 36.1 Å². The molecule has 0 aliphatic carbocycles. The van der Waals surface area contributed by atoms with Crippen molar-refractivity contribution < 1.29 is 19.3 Å². The SMILES string of the molecule is COc1ccc([C@@H]2ON(c3ccc(Cl)cc3)[C@@H](c3ccc([N+](=O)[O-])cc3)[C@H]2C(=O)N2CCCCC2)cc1. The number of non-ortho nitro benzene ring substituents is 1. The van der Waals surface area contributed by atoms with E-state index in [1.54, 1.807) is 36.4 Å². The second-order valence-electron chi connectivity index (χ2n) is 9.31. The van der Waals surface area contributed by atoms with E-state index in [2.05, 4.69) is 0 Å². The van der Waals surface area contributed by atoms with Crippen molar-refractivity contribution in [2.24, 2.45) is 5.92 Å². The van der Waals surface area contributed by atoms with Gasteiger partial charge in [-0.15, -0.1) is 0 Å². The average Bonchev–Trinajstić information content (AvgIpc) is 3.34. The molecule has 2 aliphatic rings. The summed E-state index contributed by atoms with van der Waals surface area (Å²) >= 11 is 6.16. The number of likely N-dealkylation sites (tertiary alicyclic amines) is 1. The van der Waals surface area contributed by atoms with Crippen molar-refractivity contribution in [1.29, 1.82) is 0 Å². The van der Waals surface area contributed by atoms with Crippen molar-refractivity contribution in [2.75, 3.05) is 25.3 Å². The number of amides is 1. The first-order valence-electron chi connectivity index (χ1n) is 12.3. The van der Waals surface area contributed by atoms with Crippen LogP contribution in [0.4, 0.5) is 11.4 Å². The van der Waals surface area contributed by atoms with E-state index in [-0.39, 0.29) is 11.6 Å². The lowest BCUT2D eigenvalue weighted by Crippen LogP contribution is -2.42. The molecule has 2 saturated heterocycles. The molecule has 3 atom stereocenters. The number of rotatable bonds is 6. The standard InChI is InChI=1S/C28H28ClN3O5/c1-36-24-15-7-20(8-16-24)27-25(28(33)30-17-3-2-4-18-30)26(19-5-11-23(12-6-19)32(34)35)31(37-27)22-13-9-21(29)10-14-22/h5-16,25-27H,2-4,17-18H2,1H3/t25-,26+,27+/m1/s1. The number of nitrogens with zero attached hydrogens (tertiary/aromatic N) is 3. The number of halogens is 1. The number of benzene rings is 3. The van der Waals surface area contributed by atoms with Gasteiger partial charge in [0.25, 0.3) is 5.69 Å². The van der Waals surface area contributed by atoms with Crippen LogP contribution in [0.2, 0.25) is 5.02 Å². The number of hydroxylamine groups is 1. The number of methoxy groups -OCH3 is 1. The number of carbonyl (C=O) groups is 1. The van der Waals surface area contributed by atoms with Crippen molar-refractivity contribution in [3.05, 3.63) is 99.1 Å². The minimum Gasteiger partial charge on any atom is -0.497 e. The third-order valence-corrected chi connectivity index (χ3v) is 7.32. The number of nitro benzene ring substituents is 1. The van der Waals surface area contributed by atoms with Crippen LogP contribution in [0.1, 0.15) is 42.5 Å². The molecule has 2 fully saturated rings. The van der Waals surface area contributed by atoms with E-state index in [4.69, 9.17) is 21.2 Å². The van der Waals surface area contributed by atoms with Gasteiger partial charge in [0.05, 0.1) is 29.7 Å². The highest BCUT2D eigenvalue weighted by atomic mass is 35.5. The van der Waals surface area contributed by atoms with Crippen LogP contribution in [0.3, 0.4) is 0 Å². The number of hydrogen-bond donors (Lipinski definition) is 0. The zero-order valence-electron chi connectivity index (χ0n) is 20.5. The van der Waals surface area contributed by atoms with E-state index in [0.29, 0.717) is 23.9 Å². The van der Waals surface area contributed by atoms with Crippen LogP contribution >= 0.6 is 11.6 Å². The molecule has 0 N–H and O–H groups in total. The molecule has 2 aliphatic heterocycles. The summed E-state index contributed by atoms with van der Waals surface area (Å²) < 4.78 is 5.33. The van der Waals surface area contributed by atoms with Gasteiger partial charge in [-0.05, 0) is 66.8 Å². The van der Waals surface area contributed by atoms with Gasteiger partial charge in [-0.2, -0.15) is 0 Å². The van der Waals surface area contributed by atoms with Crippen LogP contribution in [0, 0.1) is 16.0 Å². The summed E-state index contributed by atoms with van der Waals surface area (Å²) in [4.78, 5) is 33.6. The molecule has 0 unspecified atom stereocenters. The molecule has 3 aromatic carbocycles. The summed E-state index contributed by atoms with van der Waals surface area (Å²) in [6.07, 6.45) is 2.47. The van der Waals surface area contributed by atoms with Crippen LogP contribution in [0.15, 0.2) is 72.8 Å². The summed E-state index contributed by atoms with van der Waals surface area (Å²) in [5.41, 5.74) is 2.33. The van der Waals surface area contributed by atoms with Crippen molar-refractivity contribution in [1.82, 2.24) is 4.90 Å². The molecule has 3 aromatic rings. The fourth-order valence-corrected chi connectivity index (χ4v) is 5.29. The van der Waals surface area contributed by atoms with Gasteiger partial charge in [-0.1, -0.05) is 35.9 Å². The van der Waals surface area contributed by atoms with E-state index in [1.807, 2.05) is 41.3 Å². The minimum absolute atomic E-state index is 0.00804. The van der Waals surface area contributed by atoms with Gasteiger partial charge in [-0.25, -0.2) is 5.06 Å². The number of nitro groups is 1. The van der Waals surface area contributed by atoms with E-state index >= 15 is 0 Å². The molecule has 8 nitrogen and oxygen atoms in total. The summed E-state index contributed by atoms with van der Waals surface area (Å²) in [6, 6.07) is 20.6. The average molecular weight is 522 g/mol. The Morgan fingerprint density at radius 3 is 2.16 bits per heavy atom. The molecule has 0 bridgehead atoms. The number of hydrogen-bond acceptors (Lipinski definition) is 6. The summed E-state index contributed by atoms with van der Waals surface area (Å²) in [5.74, 6) is 0.145. The topological polar surface area (TPSA) is 85.1 Å². The van der Waals surface area contributed by atoms with Crippen molar-refractivity contribution in [2.45, 2.75) is 31.4 Å². The van der Waals surface area contributed by atoms with Crippen molar-refractivity contribution in [3.63, 3.8) is 0 Å². The van der Waals surface area contributed by atoms with Crippen LogP contribution in [-0.4, -0.2) is 35.9 Å². The van der Waals surface area contributed by atoms with E-state index < -0.39 is 23.0 Å². The zero-order valence-corrected chi connectivity index (χ0v) is 21.2. The second kappa shape index (κ2) is 10.8. The highest BCUT2D eigenvalue weighted by Gasteiger charge is 2.50. The summed E-state index contributed by atoms with van der Waals surface area (Å²) in [5, 5.41) is 13.6. The molecule has 0 spiro atoms. The predicted octanol–water partition coefficient (Wildman–Crippen LogP) is 6.12. The van der Waals surface area contributed by atoms with Gasteiger partial charge in [0.1, 0.15) is 11.9 Å². The Morgan fingerprint density at radius 1 is 0.946 bits per heavy atom. The smallest absolute Gasteiger partial charge is 0.269 e. The summed E-state index contributed by atoms with van der Waals surface area (Å²) in [7, 11) is 1.61. The number of piperidine rings is 1. The third-order valence-electron chi connectivity index (χ3n) is 7.07. The minimum atomic E-state index is -0.580. The third kappa shape index (κ3) is 5.12. The predicted molar refractivity (Wildman–Crippen MR) is 141 cm³/mol. The second-order valence-corrected chi connectivity index (χ2v) is 9.74. The Kier molecular flexibility index (Phi) is 7.30. The van der Waals surface area contributed by atoms with Gasteiger partial charge in [0.15, 0.2) is 0 Å². The maximum atomic E-state index is 14.2. The molecule has 0 saturated carbocycles. The maximum absolute atomic E-state index is 14.2. The molecule has 37 heavy (non-hydrogen) atoms. The molecular weight excluding hydrogens is 494 g/mol. The highest BCUT2D eigenvalue weighted by Crippen LogP contribution is 2.50. The van der Waals surface area contributed by atoms with Gasteiger partial charge >= 0.3 is 0 Å². The first-order chi connectivity index (χ1) is 18.0. The van der Waals surface area contributed by atoms with Gasteiger partial charge < -0.3 is 9.64 Å². The highest BCUT2D eigenvalue weighted by molar-refractivity contribution is 6.30. The van der Waals surface area contributed by atoms with E-state index in [1.165, 1.54) is 12.1 Å². The Hall–Kier alpha value is -3.62. The monoisotopic (exact) mass is 521 g/mol. The first-order valence-corrected chi connectivity index (χ1v) is 12.7. The maximum Gasteiger partial charge on any atom is 0.269 e. The van der Waals surface area contributed by atoms with Crippen LogP contribution < -0.4 is 9.80 Å². The molecule has 1 amide bonds. The normalized spacial score (nSPS) is 21.6. The molecule has 9 heteroatoms. The van der Waals surface area contributed by atoms with Crippen LogP contribution in [0.5, 0.6) is 5.75 Å². The molecule has 0 radical (unpaired) electrons. The molecule has 0 aromatic heterocycles. The Bertz CT molecular complexity index is 1240. The van der Waals surface area contributed by atoms with Gasteiger partial charge in [-0.3, -0.25) is 19.7 Å². The fourth-order valence-electron chi connectivity index (χ4n) is 5.16. The number of ether oxygens (including phenoxy) is 1. The lowest BCUT2D eigenvalue weighted by atomic mass is 9.84.